The van der Waals surface area contributed by atoms with Crippen LogP contribution in [0.15, 0.2) is 60.7 Å². The average Bonchev–Trinajstić information content (AvgIpc) is 2.73. The zero-order valence-corrected chi connectivity index (χ0v) is 18.3. The van der Waals surface area contributed by atoms with E-state index < -0.39 is 11.8 Å². The topological polar surface area (TPSA) is 52.6 Å². The number of ether oxygens (including phenoxy) is 2. The van der Waals surface area contributed by atoms with Gasteiger partial charge in [0.25, 0.3) is 0 Å². The monoisotopic (exact) mass is 408 g/mol. The van der Waals surface area contributed by atoms with Gasteiger partial charge < -0.3 is 9.47 Å². The molecule has 1 fully saturated rings. The van der Waals surface area contributed by atoms with Gasteiger partial charge in [0.15, 0.2) is 0 Å². The third-order valence-corrected chi connectivity index (χ3v) is 5.75. The highest BCUT2D eigenvalue weighted by Gasteiger charge is 2.50. The van der Waals surface area contributed by atoms with Gasteiger partial charge in [0, 0.05) is 0 Å². The van der Waals surface area contributed by atoms with E-state index in [1.165, 1.54) is 0 Å². The Balaban J connectivity index is 2.07. The van der Waals surface area contributed by atoms with Gasteiger partial charge in [-0.05, 0) is 63.5 Å². The summed E-state index contributed by atoms with van der Waals surface area (Å²) in [5, 5.41) is 0. The SMILES string of the molecule is CC(C)OC(=O)C1C(c2ccccc2)CCC(c2ccccc2)C1C(=O)OC(C)C. The molecular formula is C26H32O4. The molecule has 1 aliphatic rings. The van der Waals surface area contributed by atoms with Gasteiger partial charge in [0.05, 0.1) is 24.0 Å². The van der Waals surface area contributed by atoms with Crippen LogP contribution in [0.5, 0.6) is 0 Å². The van der Waals surface area contributed by atoms with E-state index in [-0.39, 0.29) is 36.0 Å². The molecular weight excluding hydrogens is 376 g/mol. The first-order valence-corrected chi connectivity index (χ1v) is 10.9. The maximum atomic E-state index is 13.3. The molecule has 2 aromatic carbocycles. The molecule has 4 atom stereocenters. The van der Waals surface area contributed by atoms with Crippen molar-refractivity contribution in [1.29, 1.82) is 0 Å². The van der Waals surface area contributed by atoms with Crippen LogP contribution in [-0.4, -0.2) is 24.1 Å². The molecule has 4 unspecified atom stereocenters. The fourth-order valence-electron chi connectivity index (χ4n) is 4.61. The van der Waals surface area contributed by atoms with Gasteiger partial charge in [-0.25, -0.2) is 0 Å². The van der Waals surface area contributed by atoms with Gasteiger partial charge in [-0.1, -0.05) is 60.7 Å². The summed E-state index contributed by atoms with van der Waals surface area (Å²) in [4.78, 5) is 26.7. The van der Waals surface area contributed by atoms with Gasteiger partial charge in [0.2, 0.25) is 0 Å². The van der Waals surface area contributed by atoms with Crippen LogP contribution in [0.25, 0.3) is 0 Å². The molecule has 0 heterocycles. The summed E-state index contributed by atoms with van der Waals surface area (Å²) in [7, 11) is 0. The second-order valence-electron chi connectivity index (χ2n) is 8.63. The first kappa shape index (κ1) is 22.1. The van der Waals surface area contributed by atoms with Crippen molar-refractivity contribution < 1.29 is 19.1 Å². The van der Waals surface area contributed by atoms with Crippen LogP contribution in [-0.2, 0) is 19.1 Å². The highest BCUT2D eigenvalue weighted by Crippen LogP contribution is 2.49. The maximum Gasteiger partial charge on any atom is 0.310 e. The molecule has 4 heteroatoms. The molecule has 0 bridgehead atoms. The van der Waals surface area contributed by atoms with E-state index in [1.807, 2.05) is 88.4 Å². The second-order valence-corrected chi connectivity index (χ2v) is 8.63. The normalized spacial score (nSPS) is 23.9. The van der Waals surface area contributed by atoms with E-state index in [1.54, 1.807) is 0 Å². The van der Waals surface area contributed by atoms with Crippen molar-refractivity contribution in [3.8, 4) is 0 Å². The van der Waals surface area contributed by atoms with Gasteiger partial charge in [-0.3, -0.25) is 9.59 Å². The first-order valence-electron chi connectivity index (χ1n) is 10.9. The van der Waals surface area contributed by atoms with Crippen molar-refractivity contribution in [2.45, 2.75) is 64.6 Å². The van der Waals surface area contributed by atoms with Crippen molar-refractivity contribution in [3.05, 3.63) is 71.8 Å². The predicted octanol–water partition coefficient (Wildman–Crippen LogP) is 5.48. The number of hydrogen-bond acceptors (Lipinski definition) is 4. The van der Waals surface area contributed by atoms with Crippen molar-refractivity contribution >= 4 is 11.9 Å². The molecule has 0 aromatic heterocycles. The molecule has 160 valence electrons. The van der Waals surface area contributed by atoms with Crippen LogP contribution in [0.2, 0.25) is 0 Å². The van der Waals surface area contributed by atoms with Gasteiger partial charge in [-0.2, -0.15) is 0 Å². The Morgan fingerprint density at radius 1 is 0.667 bits per heavy atom. The number of esters is 2. The molecule has 30 heavy (non-hydrogen) atoms. The average molecular weight is 409 g/mol. The fraction of sp³-hybridized carbons (Fsp3) is 0.462. The van der Waals surface area contributed by atoms with E-state index in [2.05, 4.69) is 0 Å². The summed E-state index contributed by atoms with van der Waals surface area (Å²) < 4.78 is 11.3. The molecule has 4 nitrogen and oxygen atoms in total. The quantitative estimate of drug-likeness (QED) is 0.594. The zero-order chi connectivity index (χ0) is 21.7. The summed E-state index contributed by atoms with van der Waals surface area (Å²) in [6.45, 7) is 7.37. The van der Waals surface area contributed by atoms with Crippen molar-refractivity contribution in [3.63, 3.8) is 0 Å². The summed E-state index contributed by atoms with van der Waals surface area (Å²) in [6.07, 6.45) is 1.14. The Kier molecular flexibility index (Phi) is 7.30. The number of carbonyl (C=O) groups excluding carboxylic acids is 2. The minimum atomic E-state index is -0.583. The molecule has 0 N–H and O–H groups in total. The predicted molar refractivity (Wildman–Crippen MR) is 117 cm³/mol. The lowest BCUT2D eigenvalue weighted by Crippen LogP contribution is -2.44. The van der Waals surface area contributed by atoms with Gasteiger partial charge in [-0.15, -0.1) is 0 Å². The summed E-state index contributed by atoms with van der Waals surface area (Å²) in [6, 6.07) is 20.0. The molecule has 0 amide bonds. The summed E-state index contributed by atoms with van der Waals surface area (Å²) in [5.74, 6) is -1.96. The van der Waals surface area contributed by atoms with Crippen LogP contribution in [0.1, 0.15) is 63.5 Å². The molecule has 0 spiro atoms. The lowest BCUT2D eigenvalue weighted by Gasteiger charge is -2.41. The molecule has 0 saturated heterocycles. The van der Waals surface area contributed by atoms with Crippen LogP contribution < -0.4 is 0 Å². The molecule has 0 radical (unpaired) electrons. The van der Waals surface area contributed by atoms with E-state index >= 15 is 0 Å². The third kappa shape index (κ3) is 5.10. The lowest BCUT2D eigenvalue weighted by atomic mass is 9.62. The highest BCUT2D eigenvalue weighted by atomic mass is 16.6. The summed E-state index contributed by atoms with van der Waals surface area (Å²) >= 11 is 0. The Bertz CT molecular complexity index is 757. The minimum Gasteiger partial charge on any atom is -0.463 e. The van der Waals surface area contributed by atoms with Crippen LogP contribution >= 0.6 is 0 Å². The molecule has 1 saturated carbocycles. The van der Waals surface area contributed by atoms with Crippen LogP contribution in [0.3, 0.4) is 0 Å². The largest absolute Gasteiger partial charge is 0.463 e. The number of hydrogen-bond donors (Lipinski definition) is 0. The minimum absolute atomic E-state index is 0.0814. The number of carbonyl (C=O) groups is 2. The van der Waals surface area contributed by atoms with E-state index in [0.29, 0.717) is 0 Å². The fourth-order valence-corrected chi connectivity index (χ4v) is 4.61. The van der Waals surface area contributed by atoms with E-state index in [0.717, 1.165) is 24.0 Å². The third-order valence-electron chi connectivity index (χ3n) is 5.75. The Morgan fingerprint density at radius 3 is 1.30 bits per heavy atom. The van der Waals surface area contributed by atoms with Crippen molar-refractivity contribution in [1.82, 2.24) is 0 Å². The van der Waals surface area contributed by atoms with E-state index in [9.17, 15) is 9.59 Å². The maximum absolute atomic E-state index is 13.3. The van der Waals surface area contributed by atoms with Crippen molar-refractivity contribution in [2.75, 3.05) is 0 Å². The lowest BCUT2D eigenvalue weighted by molar-refractivity contribution is -0.169. The molecule has 0 aliphatic heterocycles. The Hall–Kier alpha value is -2.62. The molecule has 2 aromatic rings. The first-order chi connectivity index (χ1) is 14.4. The van der Waals surface area contributed by atoms with Crippen LogP contribution in [0, 0.1) is 11.8 Å². The smallest absolute Gasteiger partial charge is 0.310 e. The zero-order valence-electron chi connectivity index (χ0n) is 18.3. The number of rotatable bonds is 6. The molecule has 3 rings (SSSR count). The summed E-state index contributed by atoms with van der Waals surface area (Å²) in [5.41, 5.74) is 2.13. The standard InChI is InChI=1S/C26H32O4/c1-17(2)29-25(27)23-21(19-11-7-5-8-12-19)15-16-22(20-13-9-6-10-14-20)24(23)26(28)30-18(3)4/h5-14,17-18,21-24H,15-16H2,1-4H3. The highest BCUT2D eigenvalue weighted by molar-refractivity contribution is 5.84. The van der Waals surface area contributed by atoms with Crippen molar-refractivity contribution in [2.24, 2.45) is 11.8 Å². The Morgan fingerprint density at radius 2 is 1.00 bits per heavy atom. The Labute approximate surface area is 179 Å². The van der Waals surface area contributed by atoms with Gasteiger partial charge in [0.1, 0.15) is 0 Å². The molecule has 1 aliphatic carbocycles. The van der Waals surface area contributed by atoms with E-state index in [4.69, 9.17) is 9.47 Å². The van der Waals surface area contributed by atoms with Gasteiger partial charge >= 0.3 is 11.9 Å². The second kappa shape index (κ2) is 9.92. The number of benzene rings is 2. The van der Waals surface area contributed by atoms with Crippen LogP contribution in [0.4, 0.5) is 0 Å².